The van der Waals surface area contributed by atoms with E-state index in [-0.39, 0.29) is 11.2 Å². The highest BCUT2D eigenvalue weighted by Gasteiger charge is 2.54. The molecule has 0 N–H and O–H groups in total. The van der Waals surface area contributed by atoms with Crippen LogP contribution in [0.15, 0.2) is 60.7 Å². The van der Waals surface area contributed by atoms with E-state index in [4.69, 9.17) is 9.05 Å². The summed E-state index contributed by atoms with van der Waals surface area (Å²) in [6.45, 7) is 12.6. The second-order valence-corrected chi connectivity index (χ2v) is 11.8. The smallest absolute Gasteiger partial charge is 0.262 e. The molecule has 1 aliphatic heterocycles. The van der Waals surface area contributed by atoms with E-state index in [0.29, 0.717) is 0 Å². The highest BCUT2D eigenvalue weighted by molar-refractivity contribution is 7.91. The monoisotopic (exact) mass is 390 g/mol. The number of para-hydroxylation sites is 2. The van der Waals surface area contributed by atoms with Crippen molar-refractivity contribution in [1.29, 1.82) is 0 Å². The number of hydrogen-bond donors (Lipinski definition) is 0. The standard InChI is InChI=1S/C20H28N2O2P2/c1-19(2,3)23-25-21(17-13-9-7-10-14-17)26(24-20(4,5)6)22(25)18-15-11-8-12-16-18/h7-16H,1-6H3. The van der Waals surface area contributed by atoms with Gasteiger partial charge >= 0.3 is 0 Å². The Kier molecular flexibility index (Phi) is 5.61. The van der Waals surface area contributed by atoms with Gasteiger partial charge in [0.15, 0.2) is 0 Å². The lowest BCUT2D eigenvalue weighted by molar-refractivity contribution is 0.138. The summed E-state index contributed by atoms with van der Waals surface area (Å²) in [4.78, 5) is 0. The third-order valence-corrected chi connectivity index (χ3v) is 8.81. The maximum atomic E-state index is 6.51. The summed E-state index contributed by atoms with van der Waals surface area (Å²) < 4.78 is 17.7. The minimum atomic E-state index is -0.987. The molecule has 0 amide bonds. The average molecular weight is 390 g/mol. The average Bonchev–Trinajstić information content (AvgIpc) is 2.54. The van der Waals surface area contributed by atoms with Gasteiger partial charge in [0, 0.05) is 0 Å². The van der Waals surface area contributed by atoms with Crippen LogP contribution >= 0.6 is 16.9 Å². The Hall–Kier alpha value is -1.18. The lowest BCUT2D eigenvalue weighted by atomic mass is 10.2. The Morgan fingerprint density at radius 2 is 0.885 bits per heavy atom. The molecule has 2 aromatic rings. The van der Waals surface area contributed by atoms with E-state index in [1.54, 1.807) is 0 Å². The first-order valence-electron chi connectivity index (χ1n) is 8.84. The summed E-state index contributed by atoms with van der Waals surface area (Å²) in [5.74, 6) is 0. The van der Waals surface area contributed by atoms with Gasteiger partial charge in [-0.3, -0.25) is 0 Å². The second-order valence-electron chi connectivity index (χ2n) is 8.16. The molecule has 1 aliphatic rings. The van der Waals surface area contributed by atoms with Gasteiger partial charge in [-0.15, -0.1) is 0 Å². The van der Waals surface area contributed by atoms with E-state index in [1.165, 1.54) is 0 Å². The summed E-state index contributed by atoms with van der Waals surface area (Å²) in [5.41, 5.74) is 1.81. The molecule has 26 heavy (non-hydrogen) atoms. The minimum Gasteiger partial charge on any atom is -0.316 e. The molecule has 0 radical (unpaired) electrons. The molecule has 0 aliphatic carbocycles. The van der Waals surface area contributed by atoms with E-state index in [1.807, 2.05) is 12.1 Å². The molecule has 0 spiro atoms. The number of nitrogens with zero attached hydrogens (tertiary/aromatic N) is 2. The van der Waals surface area contributed by atoms with E-state index in [9.17, 15) is 0 Å². The van der Waals surface area contributed by atoms with Gasteiger partial charge in [-0.05, 0) is 65.8 Å². The van der Waals surface area contributed by atoms with E-state index >= 15 is 0 Å². The predicted molar refractivity (Wildman–Crippen MR) is 113 cm³/mol. The van der Waals surface area contributed by atoms with Gasteiger partial charge in [-0.1, -0.05) is 36.4 Å². The van der Waals surface area contributed by atoms with Crippen LogP contribution in [0, 0.1) is 0 Å². The molecular formula is C20H28N2O2P2. The Morgan fingerprint density at radius 1 is 0.577 bits per heavy atom. The highest BCUT2D eigenvalue weighted by atomic mass is 31.3. The van der Waals surface area contributed by atoms with Crippen molar-refractivity contribution in [3.8, 4) is 0 Å². The van der Waals surface area contributed by atoms with Crippen LogP contribution in [-0.2, 0) is 9.05 Å². The molecule has 0 aromatic heterocycles. The predicted octanol–water partition coefficient (Wildman–Crippen LogP) is 7.10. The molecule has 1 heterocycles. The van der Waals surface area contributed by atoms with Crippen molar-refractivity contribution in [2.24, 2.45) is 0 Å². The quantitative estimate of drug-likeness (QED) is 0.520. The van der Waals surface area contributed by atoms with Gasteiger partial charge in [-0.2, -0.15) is 0 Å². The molecule has 140 valence electrons. The first-order valence-corrected chi connectivity index (χ1v) is 11.2. The number of rotatable bonds is 4. The fraction of sp³-hybridized carbons (Fsp3) is 0.400. The van der Waals surface area contributed by atoms with Gasteiger partial charge in [0.2, 0.25) is 0 Å². The number of benzene rings is 2. The summed E-state index contributed by atoms with van der Waals surface area (Å²) in [6, 6.07) is 20.9. The zero-order valence-corrected chi connectivity index (χ0v) is 18.2. The van der Waals surface area contributed by atoms with Gasteiger partial charge in [0.05, 0.1) is 22.6 Å². The van der Waals surface area contributed by atoms with Gasteiger partial charge < -0.3 is 9.05 Å². The van der Waals surface area contributed by atoms with E-state index in [2.05, 4.69) is 99.0 Å². The van der Waals surface area contributed by atoms with Crippen LogP contribution in [0.25, 0.3) is 0 Å². The second kappa shape index (κ2) is 7.44. The van der Waals surface area contributed by atoms with Crippen LogP contribution < -0.4 is 8.88 Å². The van der Waals surface area contributed by atoms with Crippen LogP contribution in [0.5, 0.6) is 0 Å². The zero-order valence-electron chi connectivity index (χ0n) is 16.4. The third-order valence-electron chi connectivity index (χ3n) is 3.33. The van der Waals surface area contributed by atoms with Crippen LogP contribution in [0.4, 0.5) is 11.4 Å². The SMILES string of the molecule is CC(C)(C)OP1N(c2ccccc2)P(OC(C)(C)C)N1c1ccccc1. The molecule has 0 atom stereocenters. The Labute approximate surface area is 160 Å². The zero-order chi connectivity index (χ0) is 18.9. The van der Waals surface area contributed by atoms with Crippen LogP contribution in [-0.4, -0.2) is 11.2 Å². The van der Waals surface area contributed by atoms with Crippen LogP contribution in [0.3, 0.4) is 0 Å². The van der Waals surface area contributed by atoms with Crippen molar-refractivity contribution >= 4 is 28.3 Å². The molecule has 4 nitrogen and oxygen atoms in total. The summed E-state index contributed by atoms with van der Waals surface area (Å²) in [7, 11) is -1.97. The normalized spacial score (nSPS) is 20.8. The minimum absolute atomic E-state index is 0.241. The molecule has 6 heteroatoms. The Morgan fingerprint density at radius 3 is 1.15 bits per heavy atom. The summed E-state index contributed by atoms with van der Waals surface area (Å²) >= 11 is 0. The number of anilines is 2. The van der Waals surface area contributed by atoms with Gasteiger partial charge in [0.1, 0.15) is 0 Å². The van der Waals surface area contributed by atoms with Crippen molar-refractivity contribution in [3.63, 3.8) is 0 Å². The Bertz CT molecular complexity index is 643. The first-order chi connectivity index (χ1) is 12.2. The van der Waals surface area contributed by atoms with Crippen molar-refractivity contribution < 1.29 is 9.05 Å². The molecule has 0 bridgehead atoms. The molecule has 2 aromatic carbocycles. The molecule has 1 fully saturated rings. The summed E-state index contributed by atoms with van der Waals surface area (Å²) in [6.07, 6.45) is 0. The lowest BCUT2D eigenvalue weighted by Crippen LogP contribution is -2.43. The van der Waals surface area contributed by atoms with Gasteiger partial charge in [-0.25, -0.2) is 8.88 Å². The maximum Gasteiger partial charge on any atom is 0.262 e. The number of hydrogen-bond acceptors (Lipinski definition) is 4. The van der Waals surface area contributed by atoms with Crippen molar-refractivity contribution in [2.75, 3.05) is 8.88 Å². The first kappa shape index (κ1) is 19.6. The summed E-state index contributed by atoms with van der Waals surface area (Å²) in [5, 5.41) is 0. The maximum absolute atomic E-state index is 6.51. The fourth-order valence-corrected chi connectivity index (χ4v) is 7.28. The third kappa shape index (κ3) is 4.56. The molecular weight excluding hydrogens is 362 g/mol. The van der Waals surface area contributed by atoms with Crippen molar-refractivity contribution in [1.82, 2.24) is 0 Å². The van der Waals surface area contributed by atoms with Crippen LogP contribution in [0.2, 0.25) is 0 Å². The topological polar surface area (TPSA) is 24.9 Å². The molecule has 1 saturated heterocycles. The van der Waals surface area contributed by atoms with Crippen molar-refractivity contribution in [2.45, 2.75) is 52.7 Å². The lowest BCUT2D eigenvalue weighted by Gasteiger charge is -2.57. The molecule has 3 rings (SSSR count). The van der Waals surface area contributed by atoms with E-state index < -0.39 is 16.9 Å². The largest absolute Gasteiger partial charge is 0.316 e. The highest BCUT2D eigenvalue weighted by Crippen LogP contribution is 2.80. The van der Waals surface area contributed by atoms with Gasteiger partial charge in [0.25, 0.3) is 16.9 Å². The fourth-order valence-electron chi connectivity index (χ4n) is 2.42. The van der Waals surface area contributed by atoms with Crippen LogP contribution in [0.1, 0.15) is 41.5 Å². The van der Waals surface area contributed by atoms with Crippen molar-refractivity contribution in [3.05, 3.63) is 60.7 Å². The van der Waals surface area contributed by atoms with E-state index in [0.717, 1.165) is 11.4 Å². The molecule has 0 unspecified atom stereocenters. The molecule has 0 saturated carbocycles. The Balaban J connectivity index is 2.00.